The van der Waals surface area contributed by atoms with Crippen LogP contribution in [-0.2, 0) is 16.0 Å². The van der Waals surface area contributed by atoms with Gasteiger partial charge in [0.25, 0.3) is 0 Å². The van der Waals surface area contributed by atoms with Gasteiger partial charge in [-0.15, -0.1) is 0 Å². The summed E-state index contributed by atoms with van der Waals surface area (Å²) in [4.78, 5) is 27.9. The number of amides is 2. The van der Waals surface area contributed by atoms with E-state index in [1.807, 2.05) is 36.1 Å². The zero-order valence-electron chi connectivity index (χ0n) is 16.1. The van der Waals surface area contributed by atoms with Gasteiger partial charge in [-0.05, 0) is 37.5 Å². The van der Waals surface area contributed by atoms with Crippen molar-refractivity contribution in [2.45, 2.75) is 32.6 Å². The van der Waals surface area contributed by atoms with Crippen LogP contribution in [0.5, 0.6) is 11.5 Å². The molecule has 0 saturated carbocycles. The van der Waals surface area contributed by atoms with Gasteiger partial charge in [0.2, 0.25) is 11.8 Å². The standard InChI is InChI=1S/C20H27N3O4/c1-3-27-17-7-5-16(15-18(17)26-2)6-8-19(24)22-11-4-12-23(14-13-22)20(25)9-10-21/h5,7,15H,3-4,6,8-9,11-14H2,1-2H3. The normalized spacial score (nSPS) is 14.3. The van der Waals surface area contributed by atoms with Gasteiger partial charge in [0.1, 0.15) is 6.42 Å². The smallest absolute Gasteiger partial charge is 0.236 e. The van der Waals surface area contributed by atoms with Gasteiger partial charge in [-0.1, -0.05) is 6.07 Å². The molecule has 0 spiro atoms. The highest BCUT2D eigenvalue weighted by molar-refractivity contribution is 5.79. The van der Waals surface area contributed by atoms with Gasteiger partial charge in [0.05, 0.1) is 19.8 Å². The topological polar surface area (TPSA) is 82.9 Å². The van der Waals surface area contributed by atoms with Crippen LogP contribution in [0.15, 0.2) is 18.2 Å². The molecule has 1 heterocycles. The number of ether oxygens (including phenoxy) is 2. The van der Waals surface area contributed by atoms with Crippen LogP contribution < -0.4 is 9.47 Å². The number of rotatable bonds is 7. The second-order valence-corrected chi connectivity index (χ2v) is 6.37. The van der Waals surface area contributed by atoms with Crippen molar-refractivity contribution >= 4 is 11.8 Å². The fraction of sp³-hybridized carbons (Fsp3) is 0.550. The van der Waals surface area contributed by atoms with E-state index in [4.69, 9.17) is 14.7 Å². The third-order valence-electron chi connectivity index (χ3n) is 4.59. The molecule has 0 N–H and O–H groups in total. The molecule has 0 aromatic heterocycles. The average molecular weight is 373 g/mol. The number of nitrogens with zero attached hydrogens (tertiary/aromatic N) is 3. The summed E-state index contributed by atoms with van der Waals surface area (Å²) in [6, 6.07) is 7.61. The zero-order chi connectivity index (χ0) is 19.6. The second-order valence-electron chi connectivity index (χ2n) is 6.37. The van der Waals surface area contributed by atoms with Gasteiger partial charge in [-0.2, -0.15) is 5.26 Å². The van der Waals surface area contributed by atoms with Gasteiger partial charge in [0, 0.05) is 32.6 Å². The Morgan fingerprint density at radius 2 is 1.81 bits per heavy atom. The average Bonchev–Trinajstić information content (AvgIpc) is 2.93. The lowest BCUT2D eigenvalue weighted by Gasteiger charge is -2.21. The number of hydrogen-bond donors (Lipinski definition) is 0. The number of nitriles is 1. The summed E-state index contributed by atoms with van der Waals surface area (Å²) < 4.78 is 10.9. The van der Waals surface area contributed by atoms with E-state index < -0.39 is 0 Å². The molecule has 7 heteroatoms. The first-order chi connectivity index (χ1) is 13.1. The monoisotopic (exact) mass is 373 g/mol. The van der Waals surface area contributed by atoms with Crippen molar-refractivity contribution in [3.63, 3.8) is 0 Å². The number of benzene rings is 1. The van der Waals surface area contributed by atoms with E-state index in [1.54, 1.807) is 12.0 Å². The molecule has 0 aliphatic carbocycles. The summed E-state index contributed by atoms with van der Waals surface area (Å²) in [6.07, 6.45) is 1.66. The van der Waals surface area contributed by atoms with Crippen LogP contribution in [0.25, 0.3) is 0 Å². The third kappa shape index (κ3) is 5.88. The van der Waals surface area contributed by atoms with E-state index in [1.165, 1.54) is 0 Å². The van der Waals surface area contributed by atoms with Gasteiger partial charge in [-0.3, -0.25) is 9.59 Å². The highest BCUT2D eigenvalue weighted by Crippen LogP contribution is 2.28. The Labute approximate surface area is 160 Å². The maximum Gasteiger partial charge on any atom is 0.236 e. The van der Waals surface area contributed by atoms with Gasteiger partial charge in [-0.25, -0.2) is 0 Å². The van der Waals surface area contributed by atoms with E-state index in [-0.39, 0.29) is 18.2 Å². The predicted octanol–water partition coefficient (Wildman–Crippen LogP) is 2.00. The number of carbonyl (C=O) groups is 2. The minimum atomic E-state index is -0.159. The Morgan fingerprint density at radius 1 is 1.11 bits per heavy atom. The van der Waals surface area contributed by atoms with Crippen LogP contribution in [0.3, 0.4) is 0 Å². The fourth-order valence-corrected chi connectivity index (χ4v) is 3.15. The van der Waals surface area contributed by atoms with Crippen LogP contribution in [0.1, 0.15) is 31.7 Å². The molecule has 0 radical (unpaired) electrons. The molecule has 0 atom stereocenters. The van der Waals surface area contributed by atoms with Crippen LogP contribution in [0, 0.1) is 11.3 Å². The quantitative estimate of drug-likeness (QED) is 0.730. The molecule has 0 bridgehead atoms. The van der Waals surface area contributed by atoms with Crippen molar-refractivity contribution < 1.29 is 19.1 Å². The molecule has 1 saturated heterocycles. The van der Waals surface area contributed by atoms with Crippen molar-refractivity contribution in [1.29, 1.82) is 5.26 Å². The van der Waals surface area contributed by atoms with Crippen molar-refractivity contribution in [3.8, 4) is 17.6 Å². The van der Waals surface area contributed by atoms with Gasteiger partial charge in [0.15, 0.2) is 11.5 Å². The third-order valence-corrected chi connectivity index (χ3v) is 4.59. The number of carbonyl (C=O) groups excluding carboxylic acids is 2. The van der Waals surface area contributed by atoms with Crippen LogP contribution in [-0.4, -0.2) is 61.5 Å². The molecule has 27 heavy (non-hydrogen) atoms. The molecule has 1 aromatic rings. The summed E-state index contributed by atoms with van der Waals surface area (Å²) in [6.45, 7) is 4.73. The van der Waals surface area contributed by atoms with Crippen LogP contribution in [0.4, 0.5) is 0 Å². The van der Waals surface area contributed by atoms with E-state index in [9.17, 15) is 9.59 Å². The predicted molar refractivity (Wildman–Crippen MR) is 100 cm³/mol. The molecule has 2 rings (SSSR count). The molecule has 7 nitrogen and oxygen atoms in total. The molecule has 1 aromatic carbocycles. The molecule has 0 unspecified atom stereocenters. The molecular formula is C20H27N3O4. The molecule has 1 aliphatic heterocycles. The summed E-state index contributed by atoms with van der Waals surface area (Å²) in [5.41, 5.74) is 1.02. The Bertz CT molecular complexity index is 699. The van der Waals surface area contributed by atoms with Gasteiger partial charge >= 0.3 is 0 Å². The van der Waals surface area contributed by atoms with Crippen LogP contribution in [0.2, 0.25) is 0 Å². The minimum absolute atomic E-state index is 0.0810. The van der Waals surface area contributed by atoms with E-state index in [0.717, 1.165) is 12.0 Å². The molecule has 1 aliphatic rings. The van der Waals surface area contributed by atoms with E-state index >= 15 is 0 Å². The second kappa shape index (κ2) is 10.4. The number of methoxy groups -OCH3 is 1. The zero-order valence-corrected chi connectivity index (χ0v) is 16.1. The summed E-state index contributed by atoms with van der Waals surface area (Å²) in [7, 11) is 1.60. The Kier molecular flexibility index (Phi) is 7.93. The van der Waals surface area contributed by atoms with Crippen molar-refractivity contribution in [3.05, 3.63) is 23.8 Å². The summed E-state index contributed by atoms with van der Waals surface area (Å²) in [5.74, 6) is 1.29. The minimum Gasteiger partial charge on any atom is -0.493 e. The maximum absolute atomic E-state index is 12.6. The van der Waals surface area contributed by atoms with E-state index in [0.29, 0.717) is 57.1 Å². The number of hydrogen-bond acceptors (Lipinski definition) is 5. The molecule has 146 valence electrons. The highest BCUT2D eigenvalue weighted by atomic mass is 16.5. The number of aryl methyl sites for hydroxylation is 1. The van der Waals surface area contributed by atoms with Crippen molar-refractivity contribution in [1.82, 2.24) is 9.80 Å². The van der Waals surface area contributed by atoms with Gasteiger partial charge < -0.3 is 19.3 Å². The highest BCUT2D eigenvalue weighted by Gasteiger charge is 2.21. The fourth-order valence-electron chi connectivity index (χ4n) is 3.15. The Balaban J connectivity index is 1.88. The maximum atomic E-state index is 12.6. The van der Waals surface area contributed by atoms with E-state index in [2.05, 4.69) is 0 Å². The SMILES string of the molecule is CCOc1ccc(CCC(=O)N2CCCN(C(=O)CC#N)CC2)cc1OC. The first kappa shape index (κ1) is 20.6. The molecular weight excluding hydrogens is 346 g/mol. The Hall–Kier alpha value is -2.75. The lowest BCUT2D eigenvalue weighted by Crippen LogP contribution is -2.37. The van der Waals surface area contributed by atoms with Crippen molar-refractivity contribution in [2.75, 3.05) is 39.9 Å². The van der Waals surface area contributed by atoms with Crippen molar-refractivity contribution in [2.24, 2.45) is 0 Å². The lowest BCUT2D eigenvalue weighted by molar-refractivity contribution is -0.133. The summed E-state index contributed by atoms with van der Waals surface area (Å²) >= 11 is 0. The lowest BCUT2D eigenvalue weighted by atomic mass is 10.1. The first-order valence-electron chi connectivity index (χ1n) is 9.31. The first-order valence-corrected chi connectivity index (χ1v) is 9.31. The summed E-state index contributed by atoms with van der Waals surface area (Å²) in [5, 5.41) is 8.66. The molecule has 2 amide bonds. The molecule has 1 fully saturated rings. The van der Waals surface area contributed by atoms with Crippen LogP contribution >= 0.6 is 0 Å². The largest absolute Gasteiger partial charge is 0.493 e. The Morgan fingerprint density at radius 3 is 2.44 bits per heavy atom.